The second kappa shape index (κ2) is 6.00. The van der Waals surface area contributed by atoms with Crippen LogP contribution >= 0.6 is 11.6 Å². The molecule has 0 aliphatic rings. The number of hydrogen-bond acceptors (Lipinski definition) is 3. The van der Waals surface area contributed by atoms with E-state index in [0.717, 1.165) is 0 Å². The number of aromatic nitrogens is 1. The van der Waals surface area contributed by atoms with E-state index in [1.54, 1.807) is 18.2 Å². The molecular weight excluding hydrogens is 295 g/mol. The van der Waals surface area contributed by atoms with Crippen molar-refractivity contribution >= 4 is 11.6 Å². The van der Waals surface area contributed by atoms with Crippen LogP contribution in [0.25, 0.3) is 0 Å². The molecule has 1 heterocycles. The average Bonchev–Trinajstić information content (AvgIpc) is 2.36. The molecule has 0 N–H and O–H groups in total. The molecular formula is C13H9ClF3NO2. The van der Waals surface area contributed by atoms with Crippen molar-refractivity contribution in [3.63, 3.8) is 0 Å². The number of benzene rings is 1. The molecule has 0 aliphatic carbocycles. The van der Waals surface area contributed by atoms with Crippen molar-refractivity contribution in [2.24, 2.45) is 0 Å². The van der Waals surface area contributed by atoms with E-state index in [4.69, 9.17) is 16.3 Å². The maximum absolute atomic E-state index is 12.2. The number of pyridine rings is 1. The van der Waals surface area contributed by atoms with E-state index in [-0.39, 0.29) is 12.4 Å². The van der Waals surface area contributed by atoms with Crippen LogP contribution in [-0.4, -0.2) is 11.3 Å². The molecule has 1 aromatic carbocycles. The minimum Gasteiger partial charge on any atom is -0.483 e. The fraction of sp³-hybridized carbons (Fsp3) is 0.154. The number of rotatable bonds is 4. The van der Waals surface area contributed by atoms with E-state index in [1.807, 2.05) is 0 Å². The summed E-state index contributed by atoms with van der Waals surface area (Å²) in [5.74, 6) is -0.423. The minimum absolute atomic E-state index is 0.0151. The smallest absolute Gasteiger partial charge is 0.483 e. The van der Waals surface area contributed by atoms with Gasteiger partial charge in [0.1, 0.15) is 6.61 Å². The summed E-state index contributed by atoms with van der Waals surface area (Å²) in [7, 11) is 0. The monoisotopic (exact) mass is 303 g/mol. The highest BCUT2D eigenvalue weighted by atomic mass is 35.5. The van der Waals surface area contributed by atoms with Gasteiger partial charge in [-0.15, -0.1) is 13.2 Å². The molecule has 0 aliphatic heterocycles. The minimum atomic E-state index is -4.77. The molecule has 0 spiro atoms. The van der Waals surface area contributed by atoms with Gasteiger partial charge in [0.15, 0.2) is 11.5 Å². The first-order valence-corrected chi connectivity index (χ1v) is 5.90. The van der Waals surface area contributed by atoms with Crippen LogP contribution in [0.15, 0.2) is 42.6 Å². The topological polar surface area (TPSA) is 31.4 Å². The van der Waals surface area contributed by atoms with Gasteiger partial charge in [-0.1, -0.05) is 23.7 Å². The summed E-state index contributed by atoms with van der Waals surface area (Å²) < 4.78 is 45.8. The molecule has 0 saturated carbocycles. The Morgan fingerprint density at radius 1 is 1.10 bits per heavy atom. The first-order chi connectivity index (χ1) is 9.44. The van der Waals surface area contributed by atoms with Gasteiger partial charge in [-0.2, -0.15) is 0 Å². The summed E-state index contributed by atoms with van der Waals surface area (Å²) in [6.07, 6.45) is -3.28. The van der Waals surface area contributed by atoms with E-state index >= 15 is 0 Å². The van der Waals surface area contributed by atoms with Crippen LogP contribution in [0.3, 0.4) is 0 Å². The summed E-state index contributed by atoms with van der Waals surface area (Å²) in [6, 6.07) is 8.68. The number of nitrogens with zero attached hydrogens (tertiary/aromatic N) is 1. The molecule has 2 rings (SSSR count). The van der Waals surface area contributed by atoms with Crippen molar-refractivity contribution < 1.29 is 22.6 Å². The molecule has 106 valence electrons. The van der Waals surface area contributed by atoms with Crippen molar-refractivity contribution in [2.45, 2.75) is 13.0 Å². The fourth-order valence-corrected chi connectivity index (χ4v) is 1.64. The number of hydrogen-bond donors (Lipinski definition) is 0. The van der Waals surface area contributed by atoms with E-state index in [0.29, 0.717) is 10.7 Å². The lowest BCUT2D eigenvalue weighted by Crippen LogP contribution is -2.17. The molecule has 2 aromatic rings. The normalized spacial score (nSPS) is 11.2. The summed E-state index contributed by atoms with van der Waals surface area (Å²) >= 11 is 5.78. The highest BCUT2D eigenvalue weighted by Gasteiger charge is 2.32. The van der Waals surface area contributed by atoms with E-state index in [2.05, 4.69) is 9.72 Å². The molecule has 0 unspecified atom stereocenters. The third kappa shape index (κ3) is 4.31. The summed E-state index contributed by atoms with van der Waals surface area (Å²) in [5, 5.41) is 0.471. The van der Waals surface area contributed by atoms with Gasteiger partial charge in [-0.3, -0.25) is 4.98 Å². The zero-order chi connectivity index (χ0) is 14.6. The van der Waals surface area contributed by atoms with Gasteiger partial charge in [0.2, 0.25) is 0 Å². The molecule has 7 heteroatoms. The molecule has 0 saturated heterocycles. The highest BCUT2D eigenvalue weighted by Crippen LogP contribution is 2.32. The van der Waals surface area contributed by atoms with E-state index in [1.165, 1.54) is 24.4 Å². The zero-order valence-electron chi connectivity index (χ0n) is 10.0. The van der Waals surface area contributed by atoms with Gasteiger partial charge in [-0.25, -0.2) is 0 Å². The Hall–Kier alpha value is -1.95. The summed E-state index contributed by atoms with van der Waals surface area (Å²) in [4.78, 5) is 3.99. The van der Waals surface area contributed by atoms with Crippen LogP contribution in [0.4, 0.5) is 13.2 Å². The van der Waals surface area contributed by atoms with Crippen molar-refractivity contribution in [2.75, 3.05) is 0 Å². The van der Waals surface area contributed by atoms with Crippen molar-refractivity contribution in [1.82, 2.24) is 4.98 Å². The van der Waals surface area contributed by atoms with E-state index < -0.39 is 12.1 Å². The van der Waals surface area contributed by atoms with Gasteiger partial charge in [0.05, 0.1) is 5.69 Å². The van der Waals surface area contributed by atoms with Gasteiger partial charge in [-0.05, 0) is 24.3 Å². The number of alkyl halides is 3. The Kier molecular flexibility index (Phi) is 4.34. The molecule has 3 nitrogen and oxygen atoms in total. The number of halogens is 4. The highest BCUT2D eigenvalue weighted by molar-refractivity contribution is 6.30. The van der Waals surface area contributed by atoms with Crippen LogP contribution in [0, 0.1) is 0 Å². The predicted octanol–water partition coefficient (Wildman–Crippen LogP) is 4.21. The maximum Gasteiger partial charge on any atom is 0.573 e. The lowest BCUT2D eigenvalue weighted by Gasteiger charge is -2.13. The van der Waals surface area contributed by atoms with Crippen LogP contribution in [0.1, 0.15) is 5.69 Å². The maximum atomic E-state index is 12.2. The van der Waals surface area contributed by atoms with Gasteiger partial charge in [0.25, 0.3) is 0 Å². The van der Waals surface area contributed by atoms with Gasteiger partial charge in [0, 0.05) is 11.2 Å². The Bertz CT molecular complexity index is 590. The van der Waals surface area contributed by atoms with Crippen LogP contribution in [0.5, 0.6) is 11.5 Å². The van der Waals surface area contributed by atoms with Crippen molar-refractivity contribution in [1.29, 1.82) is 0 Å². The van der Waals surface area contributed by atoms with Crippen molar-refractivity contribution in [3.05, 3.63) is 53.3 Å². The predicted molar refractivity (Wildman–Crippen MR) is 66.7 cm³/mol. The first-order valence-electron chi connectivity index (χ1n) is 5.52. The van der Waals surface area contributed by atoms with Gasteiger partial charge >= 0.3 is 6.36 Å². The van der Waals surface area contributed by atoms with E-state index in [9.17, 15) is 13.2 Å². The number of ether oxygens (including phenoxy) is 2. The summed E-state index contributed by atoms with van der Waals surface area (Å²) in [5.41, 5.74) is 0.499. The molecule has 1 aromatic heterocycles. The molecule has 0 atom stereocenters. The molecule has 0 amide bonds. The molecule has 0 bridgehead atoms. The van der Waals surface area contributed by atoms with Crippen molar-refractivity contribution in [3.8, 4) is 11.5 Å². The third-order valence-electron chi connectivity index (χ3n) is 2.23. The molecule has 20 heavy (non-hydrogen) atoms. The third-order valence-corrected chi connectivity index (χ3v) is 2.46. The molecule has 0 radical (unpaired) electrons. The quantitative estimate of drug-likeness (QED) is 0.847. The second-order valence-corrected chi connectivity index (χ2v) is 4.19. The first kappa shape index (κ1) is 14.5. The summed E-state index contributed by atoms with van der Waals surface area (Å²) in [6.45, 7) is -0.0151. The van der Waals surface area contributed by atoms with Crippen LogP contribution in [-0.2, 0) is 6.61 Å². The zero-order valence-corrected chi connectivity index (χ0v) is 10.8. The largest absolute Gasteiger partial charge is 0.573 e. The lowest BCUT2D eigenvalue weighted by molar-refractivity contribution is -0.275. The number of para-hydroxylation sites is 2. The second-order valence-electron chi connectivity index (χ2n) is 3.75. The Balaban J connectivity index is 2.09. The Morgan fingerprint density at radius 3 is 2.45 bits per heavy atom. The average molecular weight is 304 g/mol. The lowest BCUT2D eigenvalue weighted by atomic mass is 10.3. The fourth-order valence-electron chi connectivity index (χ4n) is 1.46. The van der Waals surface area contributed by atoms with Crippen LogP contribution < -0.4 is 9.47 Å². The van der Waals surface area contributed by atoms with Gasteiger partial charge < -0.3 is 9.47 Å². The standard InChI is InChI=1S/C13H9ClF3NO2/c14-9-5-6-18-10(7-9)8-19-11-3-1-2-4-12(11)20-13(15,16)17/h1-7H,8H2. The Labute approximate surface area is 117 Å². The van der Waals surface area contributed by atoms with Crippen LogP contribution in [0.2, 0.25) is 5.02 Å². The molecule has 0 fully saturated rings. The SMILES string of the molecule is FC(F)(F)Oc1ccccc1OCc1cc(Cl)ccn1. The Morgan fingerprint density at radius 2 is 1.80 bits per heavy atom.